The van der Waals surface area contributed by atoms with Gasteiger partial charge in [-0.15, -0.1) is 0 Å². The molecule has 10 heteroatoms. The van der Waals surface area contributed by atoms with Crippen molar-refractivity contribution < 1.29 is 27.9 Å². The number of piperidine rings is 1. The van der Waals surface area contributed by atoms with E-state index < -0.39 is 33.8 Å². The van der Waals surface area contributed by atoms with Crippen LogP contribution in [0.15, 0.2) is 17.2 Å². The molecule has 1 aliphatic rings. The highest BCUT2D eigenvalue weighted by Crippen LogP contribution is 2.13. The van der Waals surface area contributed by atoms with E-state index in [1.807, 2.05) is 5.32 Å². The second kappa shape index (κ2) is 5.06. The normalized spacial score (nSPS) is 19.7. The molecule has 1 saturated heterocycles. The Morgan fingerprint density at radius 1 is 1.40 bits per heavy atom. The molecule has 1 fully saturated rings. The van der Waals surface area contributed by atoms with Gasteiger partial charge in [0.05, 0.1) is 0 Å². The van der Waals surface area contributed by atoms with Crippen LogP contribution in [0.1, 0.15) is 23.3 Å². The van der Waals surface area contributed by atoms with Crippen LogP contribution in [0.4, 0.5) is 0 Å². The highest BCUT2D eigenvalue weighted by molar-refractivity contribution is 7.89. The number of H-pyrrole nitrogens is 1. The van der Waals surface area contributed by atoms with Gasteiger partial charge in [-0.3, -0.25) is 14.9 Å². The number of sulfonamides is 1. The van der Waals surface area contributed by atoms with Crippen LogP contribution in [0.25, 0.3) is 0 Å². The van der Waals surface area contributed by atoms with Crippen molar-refractivity contribution in [1.82, 2.24) is 15.0 Å². The molecule has 108 valence electrons. The monoisotopic (exact) mass is 301 g/mol. The summed E-state index contributed by atoms with van der Waals surface area (Å²) in [7, 11) is -4.04. The van der Waals surface area contributed by atoms with Gasteiger partial charge in [0.25, 0.3) is 0 Å². The van der Waals surface area contributed by atoms with Crippen molar-refractivity contribution in [2.24, 2.45) is 0 Å². The van der Waals surface area contributed by atoms with Gasteiger partial charge >= 0.3 is 5.97 Å². The number of aromatic carboxylic acids is 1. The molecule has 2 rings (SSSR count). The van der Waals surface area contributed by atoms with Gasteiger partial charge < -0.3 is 10.1 Å². The number of aromatic amines is 1. The quantitative estimate of drug-likeness (QED) is 0.514. The number of carbonyl (C=O) groups excluding carboxylic acids is 2. The minimum atomic E-state index is -4.04. The summed E-state index contributed by atoms with van der Waals surface area (Å²) < 4.78 is 26.1. The van der Waals surface area contributed by atoms with Gasteiger partial charge in [0.1, 0.15) is 16.6 Å². The molecule has 1 atom stereocenters. The molecule has 0 radical (unpaired) electrons. The molecule has 0 aliphatic carbocycles. The number of rotatable bonds is 4. The lowest BCUT2D eigenvalue weighted by Gasteiger charge is -2.21. The topological polar surface area (TPSA) is 145 Å². The first-order chi connectivity index (χ1) is 9.29. The van der Waals surface area contributed by atoms with Crippen LogP contribution in [-0.2, 0) is 19.6 Å². The summed E-state index contributed by atoms with van der Waals surface area (Å²) in [4.78, 5) is 35.1. The Morgan fingerprint density at radius 3 is 2.65 bits per heavy atom. The maximum Gasteiger partial charge on any atom is 0.352 e. The zero-order chi connectivity index (χ0) is 14.9. The van der Waals surface area contributed by atoms with Crippen LogP contribution < -0.4 is 10.0 Å². The van der Waals surface area contributed by atoms with Crippen molar-refractivity contribution in [2.75, 3.05) is 0 Å². The fourth-order valence-corrected chi connectivity index (χ4v) is 2.94. The standard InChI is InChI=1S/C10H11N3O6S/c14-8-2-1-6(9(15)12-8)13-20(18,19)5-3-7(10(16)17)11-4-5/h3-4,6,11,13H,1-2H2,(H,16,17)(H,12,14,15). The maximum absolute atomic E-state index is 12.0. The summed E-state index contributed by atoms with van der Waals surface area (Å²) in [5, 5.41) is 10.7. The Kier molecular flexibility index (Phi) is 3.59. The highest BCUT2D eigenvalue weighted by atomic mass is 32.2. The largest absolute Gasteiger partial charge is 0.477 e. The van der Waals surface area contributed by atoms with E-state index in [1.54, 1.807) is 0 Å². The van der Waals surface area contributed by atoms with Crippen LogP contribution in [0, 0.1) is 0 Å². The summed E-state index contributed by atoms with van der Waals surface area (Å²) in [5.74, 6) is -2.48. The van der Waals surface area contributed by atoms with Crippen molar-refractivity contribution in [3.63, 3.8) is 0 Å². The third-order valence-corrected chi connectivity index (χ3v) is 4.18. The Morgan fingerprint density at radius 2 is 2.10 bits per heavy atom. The Hall–Kier alpha value is -2.20. The third kappa shape index (κ3) is 2.86. The van der Waals surface area contributed by atoms with E-state index in [1.165, 1.54) is 0 Å². The number of hydrogen-bond donors (Lipinski definition) is 4. The predicted octanol–water partition coefficient (Wildman–Crippen LogP) is -1.20. The minimum absolute atomic E-state index is 0.0342. The van der Waals surface area contributed by atoms with Gasteiger partial charge in [-0.05, 0) is 12.5 Å². The Labute approximate surface area is 113 Å². The summed E-state index contributed by atoms with van der Waals surface area (Å²) in [6.07, 6.45) is 1.10. The fourth-order valence-electron chi connectivity index (χ4n) is 1.71. The van der Waals surface area contributed by atoms with E-state index in [0.717, 1.165) is 12.3 Å². The molecule has 1 aliphatic heterocycles. The third-order valence-electron chi connectivity index (χ3n) is 2.73. The molecule has 1 aromatic rings. The average molecular weight is 301 g/mol. The molecule has 9 nitrogen and oxygen atoms in total. The zero-order valence-corrected chi connectivity index (χ0v) is 10.9. The van der Waals surface area contributed by atoms with E-state index in [4.69, 9.17) is 5.11 Å². The summed E-state index contributed by atoms with van der Waals surface area (Å²) in [6.45, 7) is 0. The van der Waals surface area contributed by atoms with Crippen molar-refractivity contribution in [3.05, 3.63) is 18.0 Å². The van der Waals surface area contributed by atoms with E-state index >= 15 is 0 Å². The van der Waals surface area contributed by atoms with E-state index in [2.05, 4.69) is 9.71 Å². The molecule has 20 heavy (non-hydrogen) atoms. The van der Waals surface area contributed by atoms with Crippen molar-refractivity contribution in [1.29, 1.82) is 0 Å². The molecule has 1 aromatic heterocycles. The van der Waals surface area contributed by atoms with Crippen molar-refractivity contribution in [3.8, 4) is 0 Å². The van der Waals surface area contributed by atoms with Crippen molar-refractivity contribution >= 4 is 27.8 Å². The van der Waals surface area contributed by atoms with Crippen molar-refractivity contribution in [2.45, 2.75) is 23.8 Å². The lowest BCUT2D eigenvalue weighted by molar-refractivity contribution is -0.134. The van der Waals surface area contributed by atoms with E-state index in [9.17, 15) is 22.8 Å². The SMILES string of the molecule is O=C1CCC(NS(=O)(=O)c2c[nH]c(C(=O)O)c2)C(=O)N1. The molecule has 2 amide bonds. The van der Waals surface area contributed by atoms with Gasteiger partial charge in [-0.2, -0.15) is 4.72 Å². The first kappa shape index (κ1) is 14.2. The number of carboxylic acid groups (broad SMARTS) is 1. The smallest absolute Gasteiger partial charge is 0.352 e. The fraction of sp³-hybridized carbons (Fsp3) is 0.300. The number of carboxylic acids is 1. The second-order valence-electron chi connectivity index (χ2n) is 4.18. The molecule has 1 unspecified atom stereocenters. The molecule has 0 aromatic carbocycles. The molecular weight excluding hydrogens is 290 g/mol. The second-order valence-corrected chi connectivity index (χ2v) is 5.89. The average Bonchev–Trinajstić information content (AvgIpc) is 2.83. The molecule has 0 saturated carbocycles. The van der Waals surface area contributed by atoms with Gasteiger partial charge in [0, 0.05) is 12.6 Å². The van der Waals surface area contributed by atoms with Crippen LogP contribution in [-0.4, -0.2) is 42.3 Å². The summed E-state index contributed by atoms with van der Waals surface area (Å²) >= 11 is 0. The maximum atomic E-state index is 12.0. The van der Waals surface area contributed by atoms with Gasteiger partial charge in [-0.1, -0.05) is 0 Å². The number of aromatic nitrogens is 1. The van der Waals surface area contributed by atoms with Gasteiger partial charge in [-0.25, -0.2) is 13.2 Å². The van der Waals surface area contributed by atoms with E-state index in [0.29, 0.717) is 0 Å². The lowest BCUT2D eigenvalue weighted by Crippen LogP contribution is -2.52. The number of imide groups is 1. The number of nitrogens with one attached hydrogen (secondary N) is 3. The Balaban J connectivity index is 2.16. The molecule has 2 heterocycles. The highest BCUT2D eigenvalue weighted by Gasteiger charge is 2.31. The van der Waals surface area contributed by atoms with Gasteiger partial charge in [0.2, 0.25) is 21.8 Å². The minimum Gasteiger partial charge on any atom is -0.477 e. The van der Waals surface area contributed by atoms with Crippen LogP contribution in [0.3, 0.4) is 0 Å². The molecule has 0 bridgehead atoms. The number of carbonyl (C=O) groups is 3. The number of hydrogen-bond acceptors (Lipinski definition) is 5. The first-order valence-corrected chi connectivity index (χ1v) is 7.05. The first-order valence-electron chi connectivity index (χ1n) is 5.57. The lowest BCUT2D eigenvalue weighted by atomic mass is 10.1. The van der Waals surface area contributed by atoms with Crippen LogP contribution >= 0.6 is 0 Å². The molecule has 4 N–H and O–H groups in total. The van der Waals surface area contributed by atoms with Crippen LogP contribution in [0.5, 0.6) is 0 Å². The molecule has 0 spiro atoms. The van der Waals surface area contributed by atoms with E-state index in [-0.39, 0.29) is 23.4 Å². The van der Waals surface area contributed by atoms with Crippen LogP contribution in [0.2, 0.25) is 0 Å². The molecular formula is C10H11N3O6S. The Bertz CT molecular complexity index is 677. The predicted molar refractivity (Wildman–Crippen MR) is 64.2 cm³/mol. The zero-order valence-electron chi connectivity index (χ0n) is 10.0. The summed E-state index contributed by atoms with van der Waals surface area (Å²) in [5.41, 5.74) is -0.284. The van der Waals surface area contributed by atoms with Gasteiger partial charge in [0.15, 0.2) is 0 Å². The summed E-state index contributed by atoms with van der Waals surface area (Å²) in [6, 6.07) is -0.114. The number of amides is 2.